The van der Waals surface area contributed by atoms with E-state index in [9.17, 15) is 4.79 Å². The third kappa shape index (κ3) is 3.37. The summed E-state index contributed by atoms with van der Waals surface area (Å²) >= 11 is 1.37. The summed E-state index contributed by atoms with van der Waals surface area (Å²) in [4.78, 5) is 12.5. The van der Waals surface area contributed by atoms with Gasteiger partial charge in [0, 0.05) is 18.0 Å². The molecule has 0 unspecified atom stereocenters. The zero-order valence-electron chi connectivity index (χ0n) is 11.8. The molecule has 1 aliphatic rings. The van der Waals surface area contributed by atoms with Gasteiger partial charge in [0.25, 0.3) is 0 Å². The van der Waals surface area contributed by atoms with Crippen LogP contribution >= 0.6 is 11.3 Å². The Labute approximate surface area is 119 Å². The van der Waals surface area contributed by atoms with E-state index in [0.29, 0.717) is 10.3 Å². The fourth-order valence-electron chi connectivity index (χ4n) is 3.04. The second-order valence-electron chi connectivity index (χ2n) is 5.66. The van der Waals surface area contributed by atoms with Gasteiger partial charge in [0.2, 0.25) is 0 Å². The van der Waals surface area contributed by atoms with Gasteiger partial charge in [-0.05, 0) is 43.2 Å². The van der Waals surface area contributed by atoms with Gasteiger partial charge < -0.3 is 10.4 Å². The van der Waals surface area contributed by atoms with Crippen LogP contribution in [0.3, 0.4) is 0 Å². The lowest BCUT2D eigenvalue weighted by atomic mass is 9.83. The molecule has 0 bridgehead atoms. The Morgan fingerprint density at radius 1 is 1.47 bits per heavy atom. The van der Waals surface area contributed by atoms with Crippen LogP contribution in [0.15, 0.2) is 6.07 Å². The summed E-state index contributed by atoms with van der Waals surface area (Å²) < 4.78 is 0. The van der Waals surface area contributed by atoms with Gasteiger partial charge in [0.1, 0.15) is 4.88 Å². The molecule has 3 nitrogen and oxygen atoms in total. The molecule has 0 radical (unpaired) electrons. The number of hydrogen-bond donors (Lipinski definition) is 2. The normalized spacial score (nSPS) is 17.8. The number of rotatable bonds is 6. The number of carboxylic acids is 1. The van der Waals surface area contributed by atoms with Crippen LogP contribution in [0.2, 0.25) is 0 Å². The minimum absolute atomic E-state index is 0.445. The predicted octanol–water partition coefficient (Wildman–Crippen LogP) is 3.81. The van der Waals surface area contributed by atoms with Crippen LogP contribution in [0.4, 0.5) is 0 Å². The second-order valence-corrected chi connectivity index (χ2v) is 6.92. The van der Waals surface area contributed by atoms with Crippen molar-refractivity contribution in [3.63, 3.8) is 0 Å². The molecule has 4 heteroatoms. The highest BCUT2D eigenvalue weighted by Gasteiger charge is 2.31. The van der Waals surface area contributed by atoms with E-state index in [1.165, 1.54) is 43.4 Å². The third-order valence-corrected chi connectivity index (χ3v) is 5.54. The van der Waals surface area contributed by atoms with E-state index in [2.05, 4.69) is 12.2 Å². The van der Waals surface area contributed by atoms with Gasteiger partial charge in [-0.2, -0.15) is 0 Å². The van der Waals surface area contributed by atoms with Gasteiger partial charge in [-0.1, -0.05) is 19.8 Å². The first-order valence-corrected chi connectivity index (χ1v) is 7.91. The fourth-order valence-corrected chi connectivity index (χ4v) is 3.92. The molecule has 1 heterocycles. The van der Waals surface area contributed by atoms with Crippen molar-refractivity contribution in [3.05, 3.63) is 21.4 Å². The van der Waals surface area contributed by atoms with Crippen LogP contribution in [-0.2, 0) is 6.54 Å². The molecule has 106 valence electrons. The average molecular weight is 281 g/mol. The van der Waals surface area contributed by atoms with Gasteiger partial charge in [-0.25, -0.2) is 4.79 Å². The van der Waals surface area contributed by atoms with Crippen molar-refractivity contribution in [1.29, 1.82) is 0 Å². The Hall–Kier alpha value is -0.870. The lowest BCUT2D eigenvalue weighted by Gasteiger charge is -2.27. The summed E-state index contributed by atoms with van der Waals surface area (Å²) in [5.74, 6) is -0.819. The summed E-state index contributed by atoms with van der Waals surface area (Å²) in [7, 11) is 0. The summed E-state index contributed by atoms with van der Waals surface area (Å²) in [5.41, 5.74) is 1.62. The maximum atomic E-state index is 10.9. The van der Waals surface area contributed by atoms with E-state index in [-0.39, 0.29) is 0 Å². The molecule has 1 saturated carbocycles. The number of aryl methyl sites for hydroxylation is 1. The van der Waals surface area contributed by atoms with E-state index in [1.807, 2.05) is 13.0 Å². The fraction of sp³-hybridized carbons (Fsp3) is 0.667. The standard InChI is InChI=1S/C15H23NO2S/c1-3-15(6-4-5-7-15)10-16-9-12-8-13(14(17)18)19-11(12)2/h8,16H,3-7,9-10H2,1-2H3,(H,17,18). The average Bonchev–Trinajstić information content (AvgIpc) is 2.98. The molecule has 0 atom stereocenters. The Bertz CT molecular complexity index is 447. The Morgan fingerprint density at radius 2 is 2.16 bits per heavy atom. The lowest BCUT2D eigenvalue weighted by Crippen LogP contribution is -2.31. The monoisotopic (exact) mass is 281 g/mol. The summed E-state index contributed by atoms with van der Waals surface area (Å²) in [6.45, 7) is 6.13. The Kier molecular flexibility index (Phi) is 4.63. The second kappa shape index (κ2) is 6.06. The maximum Gasteiger partial charge on any atom is 0.345 e. The lowest BCUT2D eigenvalue weighted by molar-refractivity contribution is 0.0702. The van der Waals surface area contributed by atoms with Crippen LogP contribution in [0.1, 0.15) is 59.1 Å². The number of carbonyl (C=O) groups is 1. The highest BCUT2D eigenvalue weighted by molar-refractivity contribution is 7.14. The third-order valence-electron chi connectivity index (χ3n) is 4.46. The smallest absolute Gasteiger partial charge is 0.345 e. The molecule has 0 saturated heterocycles. The van der Waals surface area contributed by atoms with Crippen molar-refractivity contribution >= 4 is 17.3 Å². The van der Waals surface area contributed by atoms with Crippen molar-refractivity contribution in [1.82, 2.24) is 5.32 Å². The van der Waals surface area contributed by atoms with Crippen LogP contribution in [0.5, 0.6) is 0 Å². The molecule has 1 aromatic heterocycles. The van der Waals surface area contributed by atoms with E-state index in [4.69, 9.17) is 5.11 Å². The van der Waals surface area contributed by atoms with E-state index >= 15 is 0 Å². The minimum Gasteiger partial charge on any atom is -0.477 e. The summed E-state index contributed by atoms with van der Waals surface area (Å²) in [6.07, 6.45) is 6.62. The van der Waals surface area contributed by atoms with Gasteiger partial charge >= 0.3 is 5.97 Å². The summed E-state index contributed by atoms with van der Waals surface area (Å²) in [5, 5.41) is 12.5. The van der Waals surface area contributed by atoms with E-state index in [1.54, 1.807) is 0 Å². The van der Waals surface area contributed by atoms with Crippen molar-refractivity contribution < 1.29 is 9.90 Å². The molecule has 1 aromatic rings. The number of nitrogens with one attached hydrogen (secondary N) is 1. The first-order chi connectivity index (χ1) is 9.06. The van der Waals surface area contributed by atoms with Crippen molar-refractivity contribution in [2.45, 2.75) is 52.5 Å². The van der Waals surface area contributed by atoms with Crippen LogP contribution in [0, 0.1) is 12.3 Å². The van der Waals surface area contributed by atoms with E-state index in [0.717, 1.165) is 23.5 Å². The van der Waals surface area contributed by atoms with Crippen molar-refractivity contribution in [3.8, 4) is 0 Å². The molecular formula is C15H23NO2S. The number of aromatic carboxylic acids is 1. The van der Waals surface area contributed by atoms with Crippen molar-refractivity contribution in [2.75, 3.05) is 6.54 Å². The van der Waals surface area contributed by atoms with Gasteiger partial charge in [0.15, 0.2) is 0 Å². The highest BCUT2D eigenvalue weighted by Crippen LogP contribution is 2.40. The molecule has 0 spiro atoms. The Balaban J connectivity index is 1.90. The first-order valence-electron chi connectivity index (χ1n) is 7.10. The maximum absolute atomic E-state index is 10.9. The molecule has 1 fully saturated rings. The topological polar surface area (TPSA) is 49.3 Å². The minimum atomic E-state index is -0.819. The highest BCUT2D eigenvalue weighted by atomic mass is 32.1. The van der Waals surface area contributed by atoms with E-state index < -0.39 is 5.97 Å². The van der Waals surface area contributed by atoms with Crippen LogP contribution in [-0.4, -0.2) is 17.6 Å². The largest absolute Gasteiger partial charge is 0.477 e. The zero-order valence-corrected chi connectivity index (χ0v) is 12.6. The molecule has 2 N–H and O–H groups in total. The molecule has 2 rings (SSSR count). The molecule has 0 aliphatic heterocycles. The molecule has 0 aromatic carbocycles. The van der Waals surface area contributed by atoms with Crippen LogP contribution < -0.4 is 5.32 Å². The zero-order chi connectivity index (χ0) is 13.9. The predicted molar refractivity (Wildman–Crippen MR) is 78.9 cm³/mol. The first kappa shape index (κ1) is 14.5. The summed E-state index contributed by atoms with van der Waals surface area (Å²) in [6, 6.07) is 1.81. The Morgan fingerprint density at radius 3 is 2.68 bits per heavy atom. The van der Waals surface area contributed by atoms with Gasteiger partial charge in [-0.3, -0.25) is 0 Å². The van der Waals surface area contributed by atoms with Crippen molar-refractivity contribution in [2.24, 2.45) is 5.41 Å². The van der Waals surface area contributed by atoms with Gasteiger partial charge in [0.05, 0.1) is 0 Å². The SMILES string of the molecule is CCC1(CNCc2cc(C(=O)O)sc2C)CCCC1. The quantitative estimate of drug-likeness (QED) is 0.833. The number of carboxylic acid groups (broad SMARTS) is 1. The molecule has 19 heavy (non-hydrogen) atoms. The number of thiophene rings is 1. The molecule has 1 aliphatic carbocycles. The molecule has 0 amide bonds. The van der Waals surface area contributed by atoms with Gasteiger partial charge in [-0.15, -0.1) is 11.3 Å². The van der Waals surface area contributed by atoms with Crippen LogP contribution in [0.25, 0.3) is 0 Å². The molecular weight excluding hydrogens is 258 g/mol. The number of hydrogen-bond acceptors (Lipinski definition) is 3.